The van der Waals surface area contributed by atoms with E-state index in [4.69, 9.17) is 0 Å². The molecule has 0 amide bonds. The van der Waals surface area contributed by atoms with Gasteiger partial charge in [-0.2, -0.15) is 0 Å². The number of hydrogen-bond donors (Lipinski definition) is 0. The van der Waals surface area contributed by atoms with Crippen LogP contribution < -0.4 is 0 Å². The highest BCUT2D eigenvalue weighted by molar-refractivity contribution is 6.05. The molecule has 4 aromatic rings. The molecule has 0 fully saturated rings. The van der Waals surface area contributed by atoms with Crippen LogP contribution in [0.2, 0.25) is 0 Å². The van der Waals surface area contributed by atoms with Crippen LogP contribution in [0.15, 0.2) is 60.7 Å². The molecule has 0 aliphatic rings. The first-order chi connectivity index (χ1) is 26.8. The molecule has 0 unspecified atom stereocenters. The van der Waals surface area contributed by atoms with Crippen molar-refractivity contribution >= 4 is 32.3 Å². The third kappa shape index (κ3) is 17.9. The Balaban J connectivity index is 1.11. The lowest BCUT2D eigenvalue weighted by Gasteiger charge is -2.06. The summed E-state index contributed by atoms with van der Waals surface area (Å²) in [6, 6.07) is 22.8. The number of unbranched alkanes of at least 4 members (excludes halogenated alkanes) is 28. The van der Waals surface area contributed by atoms with E-state index in [0.717, 1.165) is 24.0 Å². The molecule has 0 heterocycles. The second kappa shape index (κ2) is 28.2. The van der Waals surface area contributed by atoms with E-state index in [-0.39, 0.29) is 0 Å². The number of rotatable bonds is 28. The summed E-state index contributed by atoms with van der Waals surface area (Å²) in [5.41, 5.74) is 2.26. The third-order valence-corrected chi connectivity index (χ3v) is 11.5. The fraction of sp³-hybridized carbons (Fsp3) is 0.593. The molecule has 0 saturated heterocycles. The van der Waals surface area contributed by atoms with E-state index in [1.165, 1.54) is 212 Å². The van der Waals surface area contributed by atoms with Gasteiger partial charge in [-0.05, 0) is 93.7 Å². The Kier molecular flexibility index (Phi) is 22.7. The lowest BCUT2D eigenvalue weighted by Crippen LogP contribution is -1.83. The zero-order valence-electron chi connectivity index (χ0n) is 35.0. The first kappa shape index (κ1) is 43.5. The summed E-state index contributed by atoms with van der Waals surface area (Å²) in [6.07, 6.45) is 41.2. The van der Waals surface area contributed by atoms with Crippen molar-refractivity contribution < 1.29 is 0 Å². The summed E-state index contributed by atoms with van der Waals surface area (Å²) in [5, 5.41) is 7.69. The summed E-state index contributed by atoms with van der Waals surface area (Å²) in [5.74, 6) is 13.8. The Bertz CT molecular complexity index is 1590. The summed E-state index contributed by atoms with van der Waals surface area (Å²) >= 11 is 0. The van der Waals surface area contributed by atoms with Gasteiger partial charge in [-0.25, -0.2) is 0 Å². The molecule has 0 atom stereocenters. The topological polar surface area (TPSA) is 0 Å². The molecule has 4 aromatic carbocycles. The van der Waals surface area contributed by atoms with Crippen LogP contribution >= 0.6 is 0 Å². The van der Waals surface area contributed by atoms with E-state index in [0.29, 0.717) is 0 Å². The van der Waals surface area contributed by atoms with Gasteiger partial charge in [-0.1, -0.05) is 217 Å². The first-order valence-corrected chi connectivity index (χ1v) is 23.2. The Morgan fingerprint density at radius 1 is 0.278 bits per heavy atom. The molecule has 0 spiro atoms. The molecular weight excluding hydrogens is 649 g/mol. The highest BCUT2D eigenvalue weighted by Crippen LogP contribution is 2.29. The fourth-order valence-corrected chi connectivity index (χ4v) is 8.05. The molecule has 54 heavy (non-hydrogen) atoms. The molecule has 0 N–H and O–H groups in total. The van der Waals surface area contributed by atoms with Crippen LogP contribution in [0.4, 0.5) is 0 Å². The molecule has 0 saturated carbocycles. The maximum absolute atomic E-state index is 3.46. The largest absolute Gasteiger partial charge is 0.0979 e. The van der Waals surface area contributed by atoms with Gasteiger partial charge in [0.15, 0.2) is 0 Å². The number of fused-ring (bicyclic) bond motifs is 3. The molecule has 0 radical (unpaired) electrons. The lowest BCUT2D eigenvalue weighted by molar-refractivity contribution is 0.536. The first-order valence-electron chi connectivity index (χ1n) is 23.2. The Hall–Kier alpha value is -3.22. The smallest absolute Gasteiger partial charge is 0.0251 e. The van der Waals surface area contributed by atoms with Crippen molar-refractivity contribution in [2.75, 3.05) is 0 Å². The molecule has 292 valence electrons. The summed E-state index contributed by atoms with van der Waals surface area (Å²) < 4.78 is 0. The maximum atomic E-state index is 3.46. The van der Waals surface area contributed by atoms with E-state index < -0.39 is 0 Å². The molecule has 0 aliphatic heterocycles. The quantitative estimate of drug-likeness (QED) is 0.0311. The normalized spacial score (nSPS) is 11.2. The van der Waals surface area contributed by atoms with Crippen LogP contribution in [0.1, 0.15) is 218 Å². The van der Waals surface area contributed by atoms with Gasteiger partial charge in [0.2, 0.25) is 0 Å². The zero-order valence-corrected chi connectivity index (χ0v) is 35.0. The van der Waals surface area contributed by atoms with Gasteiger partial charge < -0.3 is 0 Å². The van der Waals surface area contributed by atoms with Crippen molar-refractivity contribution in [1.29, 1.82) is 0 Å². The summed E-state index contributed by atoms with van der Waals surface area (Å²) in [6.45, 7) is 4.60. The molecular formula is C54H76. The molecule has 0 heteroatoms. The van der Waals surface area contributed by atoms with Gasteiger partial charge in [-0.15, -0.1) is 0 Å². The lowest BCUT2D eigenvalue weighted by atomic mass is 9.98. The van der Waals surface area contributed by atoms with Gasteiger partial charge in [0.1, 0.15) is 0 Å². The second-order valence-corrected chi connectivity index (χ2v) is 16.5. The van der Waals surface area contributed by atoms with Crippen molar-refractivity contribution in [1.82, 2.24) is 0 Å². The predicted octanol–water partition coefficient (Wildman–Crippen LogP) is 17.6. The van der Waals surface area contributed by atoms with Crippen LogP contribution in [0.5, 0.6) is 0 Å². The van der Waals surface area contributed by atoms with Gasteiger partial charge in [0.05, 0.1) is 0 Å². The Labute approximate surface area is 333 Å². The van der Waals surface area contributed by atoms with Gasteiger partial charge in [0.25, 0.3) is 0 Å². The average Bonchev–Trinajstić information content (AvgIpc) is 3.19. The van der Waals surface area contributed by atoms with Crippen LogP contribution in [0.25, 0.3) is 32.3 Å². The molecule has 0 aromatic heterocycles. The SMILES string of the molecule is CCCCCCCCCCCCCCCCC#Cc1ccc2cc3cc4cc(C#CCCCCCCCCCCCCCCCC)ccc4cc3cc2c1. The highest BCUT2D eigenvalue weighted by Gasteiger charge is 2.04. The fourth-order valence-electron chi connectivity index (χ4n) is 8.05. The van der Waals surface area contributed by atoms with Crippen molar-refractivity contribution in [3.63, 3.8) is 0 Å². The molecule has 4 rings (SSSR count). The van der Waals surface area contributed by atoms with Crippen LogP contribution in [-0.4, -0.2) is 0 Å². The van der Waals surface area contributed by atoms with Crippen molar-refractivity contribution in [2.24, 2.45) is 0 Å². The van der Waals surface area contributed by atoms with Crippen LogP contribution in [0, 0.1) is 23.7 Å². The zero-order chi connectivity index (χ0) is 37.7. The van der Waals surface area contributed by atoms with E-state index in [9.17, 15) is 0 Å². The van der Waals surface area contributed by atoms with Crippen molar-refractivity contribution in [3.05, 3.63) is 71.8 Å². The average molecular weight is 725 g/mol. The Morgan fingerprint density at radius 2 is 0.537 bits per heavy atom. The van der Waals surface area contributed by atoms with Crippen molar-refractivity contribution in [2.45, 2.75) is 206 Å². The minimum atomic E-state index is 1.01. The van der Waals surface area contributed by atoms with E-state index in [1.807, 2.05) is 0 Å². The predicted molar refractivity (Wildman–Crippen MR) is 243 cm³/mol. The van der Waals surface area contributed by atoms with Gasteiger partial charge in [-0.3, -0.25) is 0 Å². The highest BCUT2D eigenvalue weighted by atomic mass is 14.1. The number of hydrogen-bond acceptors (Lipinski definition) is 0. The summed E-state index contributed by atoms with van der Waals surface area (Å²) in [4.78, 5) is 0. The minimum absolute atomic E-state index is 1.01. The van der Waals surface area contributed by atoms with E-state index >= 15 is 0 Å². The van der Waals surface area contributed by atoms with Crippen molar-refractivity contribution in [3.8, 4) is 23.7 Å². The second-order valence-electron chi connectivity index (χ2n) is 16.5. The molecule has 0 aliphatic carbocycles. The standard InChI is InChI=1S/C54H76/c1-3-5-7-9-11-13-15-17-19-21-23-25-27-29-31-33-35-47-37-39-49-43-54-46-52-42-48(38-40-50(52)44-53(54)45-51(49)41-47)36-34-32-30-28-26-24-22-20-18-16-14-12-10-8-6-4-2/h37-46H,3-32H2,1-2H3. The van der Waals surface area contributed by atoms with Gasteiger partial charge in [0, 0.05) is 24.0 Å². The monoisotopic (exact) mass is 725 g/mol. The van der Waals surface area contributed by atoms with E-state index in [1.54, 1.807) is 0 Å². The molecule has 0 bridgehead atoms. The van der Waals surface area contributed by atoms with Crippen LogP contribution in [0.3, 0.4) is 0 Å². The number of benzene rings is 4. The van der Waals surface area contributed by atoms with Gasteiger partial charge >= 0.3 is 0 Å². The molecule has 0 nitrogen and oxygen atoms in total. The minimum Gasteiger partial charge on any atom is -0.0979 e. The summed E-state index contributed by atoms with van der Waals surface area (Å²) in [7, 11) is 0. The van der Waals surface area contributed by atoms with E-state index in [2.05, 4.69) is 98.2 Å². The Morgan fingerprint density at radius 3 is 0.852 bits per heavy atom. The maximum Gasteiger partial charge on any atom is 0.0251 e. The third-order valence-electron chi connectivity index (χ3n) is 11.5. The van der Waals surface area contributed by atoms with Crippen LogP contribution in [-0.2, 0) is 0 Å².